The van der Waals surface area contributed by atoms with Crippen LogP contribution in [-0.2, 0) is 16.0 Å². The van der Waals surface area contributed by atoms with Crippen molar-refractivity contribution in [3.8, 4) is 0 Å². The molecule has 2 aliphatic rings. The highest BCUT2D eigenvalue weighted by atomic mass is 16.3. The zero-order valence-electron chi connectivity index (χ0n) is 16.6. The van der Waals surface area contributed by atoms with E-state index in [1.165, 1.54) is 0 Å². The number of nitrogens with one attached hydrogen (secondary N) is 1. The lowest BCUT2D eigenvalue weighted by molar-refractivity contribution is -0.136. The maximum atomic E-state index is 12.9. The molecule has 1 fully saturated rings. The number of amides is 2. The predicted molar refractivity (Wildman–Crippen MR) is 101 cm³/mol. The third-order valence-electron chi connectivity index (χ3n) is 5.66. The fourth-order valence-electron chi connectivity index (χ4n) is 4.39. The number of carbonyl (C=O) groups excluding carboxylic acids is 2. The van der Waals surface area contributed by atoms with Crippen molar-refractivity contribution in [1.82, 2.24) is 10.2 Å². The van der Waals surface area contributed by atoms with Gasteiger partial charge < -0.3 is 14.6 Å². The first-order valence-corrected chi connectivity index (χ1v) is 9.96. The van der Waals surface area contributed by atoms with Gasteiger partial charge in [0.15, 0.2) is 0 Å². The number of hydrogen-bond acceptors (Lipinski definition) is 3. The van der Waals surface area contributed by atoms with Crippen molar-refractivity contribution in [2.24, 2.45) is 11.3 Å². The number of carbonyl (C=O) groups is 2. The lowest BCUT2D eigenvalue weighted by Gasteiger charge is -2.37. The summed E-state index contributed by atoms with van der Waals surface area (Å²) >= 11 is 0. The van der Waals surface area contributed by atoms with Crippen molar-refractivity contribution in [3.05, 3.63) is 23.2 Å². The highest BCUT2D eigenvalue weighted by Gasteiger charge is 2.37. The van der Waals surface area contributed by atoms with E-state index in [1.807, 2.05) is 18.7 Å². The normalized spacial score (nSPS) is 24.8. The molecule has 1 aromatic rings. The quantitative estimate of drug-likeness (QED) is 0.889. The number of piperidine rings is 1. The van der Waals surface area contributed by atoms with Gasteiger partial charge in [-0.3, -0.25) is 9.59 Å². The van der Waals surface area contributed by atoms with Crippen LogP contribution in [0.1, 0.15) is 76.0 Å². The third-order valence-corrected chi connectivity index (χ3v) is 5.66. The van der Waals surface area contributed by atoms with E-state index in [9.17, 15) is 9.59 Å². The maximum absolute atomic E-state index is 12.9. The van der Waals surface area contributed by atoms with E-state index >= 15 is 0 Å². The van der Waals surface area contributed by atoms with Crippen LogP contribution >= 0.6 is 0 Å². The molecular formula is C21H32N2O3. The van der Waals surface area contributed by atoms with Gasteiger partial charge in [-0.05, 0) is 44.1 Å². The molecule has 0 radical (unpaired) electrons. The van der Waals surface area contributed by atoms with Gasteiger partial charge in [0.2, 0.25) is 11.8 Å². The standard InChI is InChI=1S/C21H32N2O3/c1-5-7-19(24)23-9-6-8-15(13-23)20(25)22-17-11-21(3,4)12-18-16(17)10-14(2)26-18/h10,15,17H,5-9,11-13H2,1-4H3,(H,22,25). The van der Waals surface area contributed by atoms with Crippen molar-refractivity contribution >= 4 is 11.8 Å². The molecule has 2 heterocycles. The van der Waals surface area contributed by atoms with Crippen LogP contribution < -0.4 is 5.32 Å². The van der Waals surface area contributed by atoms with E-state index in [1.54, 1.807) is 0 Å². The number of furan rings is 1. The van der Waals surface area contributed by atoms with Crippen LogP contribution in [0.15, 0.2) is 10.5 Å². The van der Waals surface area contributed by atoms with Crippen LogP contribution in [0, 0.1) is 18.3 Å². The fraction of sp³-hybridized carbons (Fsp3) is 0.714. The Hall–Kier alpha value is -1.78. The molecule has 1 saturated heterocycles. The fourth-order valence-corrected chi connectivity index (χ4v) is 4.39. The molecule has 0 spiro atoms. The zero-order valence-corrected chi connectivity index (χ0v) is 16.6. The summed E-state index contributed by atoms with van der Waals surface area (Å²) in [5, 5.41) is 3.27. The smallest absolute Gasteiger partial charge is 0.225 e. The van der Waals surface area contributed by atoms with Gasteiger partial charge in [-0.15, -0.1) is 0 Å². The largest absolute Gasteiger partial charge is 0.466 e. The summed E-state index contributed by atoms with van der Waals surface area (Å²) in [6.45, 7) is 9.75. The Morgan fingerprint density at radius 1 is 1.38 bits per heavy atom. The molecule has 144 valence electrons. The van der Waals surface area contributed by atoms with Crippen LogP contribution in [0.4, 0.5) is 0 Å². The summed E-state index contributed by atoms with van der Waals surface area (Å²) in [6.07, 6.45) is 5.00. The SMILES string of the molecule is CCCC(=O)N1CCCC(C(=O)NC2CC(C)(C)Cc3oc(C)cc32)C1. The minimum atomic E-state index is -0.106. The van der Waals surface area contributed by atoms with Gasteiger partial charge in [0.05, 0.1) is 12.0 Å². The van der Waals surface area contributed by atoms with Crippen LogP contribution in [0.3, 0.4) is 0 Å². The number of likely N-dealkylation sites (tertiary alicyclic amines) is 1. The monoisotopic (exact) mass is 360 g/mol. The molecule has 2 atom stereocenters. The number of nitrogens with zero attached hydrogens (tertiary/aromatic N) is 1. The van der Waals surface area contributed by atoms with Gasteiger partial charge in [0.1, 0.15) is 11.5 Å². The van der Waals surface area contributed by atoms with Crippen LogP contribution in [-0.4, -0.2) is 29.8 Å². The molecule has 0 aromatic carbocycles. The second-order valence-corrected chi connectivity index (χ2v) is 8.77. The number of hydrogen-bond donors (Lipinski definition) is 1. The average Bonchev–Trinajstić information content (AvgIpc) is 2.94. The summed E-state index contributed by atoms with van der Waals surface area (Å²) < 4.78 is 5.87. The van der Waals surface area contributed by atoms with Crippen molar-refractivity contribution < 1.29 is 14.0 Å². The van der Waals surface area contributed by atoms with Gasteiger partial charge in [-0.2, -0.15) is 0 Å². The summed E-state index contributed by atoms with van der Waals surface area (Å²) in [5.74, 6) is 2.06. The molecule has 2 unspecified atom stereocenters. The van der Waals surface area contributed by atoms with E-state index in [4.69, 9.17) is 4.42 Å². The molecule has 0 saturated carbocycles. The highest BCUT2D eigenvalue weighted by Crippen LogP contribution is 2.42. The van der Waals surface area contributed by atoms with Crippen LogP contribution in [0.25, 0.3) is 0 Å². The number of aryl methyl sites for hydroxylation is 1. The van der Waals surface area contributed by atoms with Crippen molar-refractivity contribution in [2.75, 3.05) is 13.1 Å². The van der Waals surface area contributed by atoms with Gasteiger partial charge in [-0.25, -0.2) is 0 Å². The third kappa shape index (κ3) is 4.13. The molecule has 3 rings (SSSR count). The second-order valence-electron chi connectivity index (χ2n) is 8.77. The van der Waals surface area contributed by atoms with Crippen molar-refractivity contribution in [2.45, 2.75) is 72.3 Å². The van der Waals surface area contributed by atoms with E-state index in [0.717, 1.165) is 55.7 Å². The Bertz CT molecular complexity index is 677. The summed E-state index contributed by atoms with van der Waals surface area (Å²) in [7, 11) is 0. The first-order valence-electron chi connectivity index (χ1n) is 9.96. The van der Waals surface area contributed by atoms with Crippen molar-refractivity contribution in [1.29, 1.82) is 0 Å². The van der Waals surface area contributed by atoms with E-state index in [0.29, 0.717) is 13.0 Å². The summed E-state index contributed by atoms with van der Waals surface area (Å²) in [5.41, 5.74) is 1.23. The Kier molecular flexibility index (Phi) is 5.44. The summed E-state index contributed by atoms with van der Waals surface area (Å²) in [4.78, 5) is 27.0. The molecule has 2 amide bonds. The van der Waals surface area contributed by atoms with E-state index in [-0.39, 0.29) is 29.2 Å². The summed E-state index contributed by atoms with van der Waals surface area (Å²) in [6, 6.07) is 2.06. The van der Waals surface area contributed by atoms with E-state index < -0.39 is 0 Å². The first kappa shape index (κ1) is 19.0. The minimum Gasteiger partial charge on any atom is -0.466 e. The average molecular weight is 360 g/mol. The maximum Gasteiger partial charge on any atom is 0.225 e. The number of fused-ring (bicyclic) bond motifs is 1. The van der Waals surface area contributed by atoms with Crippen LogP contribution in [0.5, 0.6) is 0 Å². The Labute approximate surface area is 156 Å². The molecule has 1 aliphatic carbocycles. The molecule has 5 heteroatoms. The van der Waals surface area contributed by atoms with Gasteiger partial charge in [0.25, 0.3) is 0 Å². The Morgan fingerprint density at radius 3 is 2.88 bits per heavy atom. The molecule has 26 heavy (non-hydrogen) atoms. The molecule has 5 nitrogen and oxygen atoms in total. The molecule has 0 bridgehead atoms. The van der Waals surface area contributed by atoms with Gasteiger partial charge in [0, 0.05) is 31.5 Å². The Morgan fingerprint density at radius 2 is 2.15 bits per heavy atom. The lowest BCUT2D eigenvalue weighted by atomic mass is 9.74. The topological polar surface area (TPSA) is 62.6 Å². The van der Waals surface area contributed by atoms with Crippen molar-refractivity contribution in [3.63, 3.8) is 0 Å². The van der Waals surface area contributed by atoms with Gasteiger partial charge in [-0.1, -0.05) is 20.8 Å². The predicted octanol–water partition coefficient (Wildman–Crippen LogP) is 3.76. The molecule has 1 aromatic heterocycles. The highest BCUT2D eigenvalue weighted by molar-refractivity contribution is 5.81. The minimum absolute atomic E-state index is 0.000389. The molecule has 1 N–H and O–H groups in total. The van der Waals surface area contributed by atoms with Crippen LogP contribution in [0.2, 0.25) is 0 Å². The Balaban J connectivity index is 1.68. The molecular weight excluding hydrogens is 328 g/mol. The molecule has 1 aliphatic heterocycles. The number of rotatable bonds is 4. The lowest BCUT2D eigenvalue weighted by Crippen LogP contribution is -2.47. The first-order chi connectivity index (χ1) is 12.3. The zero-order chi connectivity index (χ0) is 18.9. The van der Waals surface area contributed by atoms with Gasteiger partial charge >= 0.3 is 0 Å². The van der Waals surface area contributed by atoms with E-state index in [2.05, 4.69) is 25.2 Å². The second kappa shape index (κ2) is 7.45.